The smallest absolute Gasteiger partial charge is 0.320 e. The Morgan fingerprint density at radius 2 is 1.82 bits per heavy atom. The van der Waals surface area contributed by atoms with E-state index in [1.165, 1.54) is 4.68 Å². The Morgan fingerprint density at radius 3 is 2.45 bits per heavy atom. The summed E-state index contributed by atoms with van der Waals surface area (Å²) in [6, 6.07) is 9.95. The minimum atomic E-state index is -1.53. The number of hydrogen-bond acceptors (Lipinski definition) is 6. The van der Waals surface area contributed by atoms with Gasteiger partial charge in [-0.25, -0.2) is 22.6 Å². The van der Waals surface area contributed by atoms with Gasteiger partial charge in [-0.1, -0.05) is 18.2 Å². The van der Waals surface area contributed by atoms with Crippen molar-refractivity contribution in [3.05, 3.63) is 71.0 Å². The molecule has 0 aliphatic carbocycles. The van der Waals surface area contributed by atoms with Crippen LogP contribution in [0.4, 0.5) is 23.8 Å². The van der Waals surface area contributed by atoms with Crippen LogP contribution in [0.2, 0.25) is 0 Å². The Bertz CT molecular complexity index is 1310. The summed E-state index contributed by atoms with van der Waals surface area (Å²) in [5.74, 6) is -4.02. The molecule has 2 heterocycles. The molecule has 0 bridgehead atoms. The van der Waals surface area contributed by atoms with Gasteiger partial charge in [0, 0.05) is 32.7 Å². The van der Waals surface area contributed by atoms with Gasteiger partial charge in [0.25, 0.3) is 0 Å². The number of likely N-dealkylation sites (tertiary alicyclic amines) is 1. The number of nitrogens with zero attached hydrogens (tertiary/aromatic N) is 3. The van der Waals surface area contributed by atoms with E-state index in [0.717, 1.165) is 12.1 Å². The van der Waals surface area contributed by atoms with Crippen LogP contribution in [0, 0.1) is 24.4 Å². The molecule has 1 aromatic heterocycles. The molecule has 0 saturated carbocycles. The number of urea groups is 1. The molecule has 1 fully saturated rings. The Hall–Kier alpha value is -3.61. The molecule has 40 heavy (non-hydrogen) atoms. The molecule has 216 valence electrons. The Morgan fingerprint density at radius 1 is 1.15 bits per heavy atom. The number of aromatic nitrogens is 2. The molecule has 9 nitrogen and oxygen atoms in total. The van der Waals surface area contributed by atoms with Crippen molar-refractivity contribution in [2.24, 2.45) is 0 Å². The van der Waals surface area contributed by atoms with Crippen molar-refractivity contribution < 1.29 is 32.5 Å². The number of amides is 2. The predicted molar refractivity (Wildman–Crippen MR) is 143 cm³/mol. The van der Waals surface area contributed by atoms with Gasteiger partial charge in [-0.15, -0.1) is 5.10 Å². The van der Waals surface area contributed by atoms with Gasteiger partial charge in [0.2, 0.25) is 5.88 Å². The molecule has 0 unspecified atom stereocenters. The van der Waals surface area contributed by atoms with E-state index in [1.807, 2.05) is 35.2 Å². The minimum Gasteiger partial charge on any atom is -0.473 e. The number of ether oxygens (including phenoxy) is 2. The molecule has 2 amide bonds. The first-order chi connectivity index (χ1) is 19.0. The fourth-order valence-electron chi connectivity index (χ4n) is 4.63. The van der Waals surface area contributed by atoms with Gasteiger partial charge in [-0.05, 0) is 50.6 Å². The van der Waals surface area contributed by atoms with Crippen LogP contribution in [-0.4, -0.2) is 77.4 Å². The number of carbonyl (C=O) groups is 1. The van der Waals surface area contributed by atoms with E-state index in [-0.39, 0.29) is 18.1 Å². The lowest BCUT2D eigenvalue weighted by molar-refractivity contribution is 0.0265. The van der Waals surface area contributed by atoms with E-state index in [9.17, 15) is 23.1 Å². The van der Waals surface area contributed by atoms with Crippen molar-refractivity contribution in [3.8, 4) is 11.6 Å². The van der Waals surface area contributed by atoms with Crippen LogP contribution >= 0.6 is 0 Å². The number of nitrogens with one attached hydrogen (secondary N) is 2. The van der Waals surface area contributed by atoms with Crippen LogP contribution in [0.1, 0.15) is 30.9 Å². The van der Waals surface area contributed by atoms with Gasteiger partial charge in [0.15, 0.2) is 17.5 Å². The standard InChI is InChI=1S/C28H34F3N5O4/c1-17-25(36(19-8-6-5-7-9-19)34-26(17)40-16-28(2,3)38)33-27(37)32-23-15-35(10-11-39-4)14-20(23)18-12-21(29)24(31)22(30)13-18/h5-9,12-13,20,23,38H,10-11,14-16H2,1-4H3,(H2,32,33,37)/t20-,23+/m0/s1. The summed E-state index contributed by atoms with van der Waals surface area (Å²) in [6.07, 6.45) is 0. The molecule has 4 rings (SSSR count). The van der Waals surface area contributed by atoms with Gasteiger partial charge in [0.1, 0.15) is 12.4 Å². The molecule has 12 heteroatoms. The van der Waals surface area contributed by atoms with Gasteiger partial charge >= 0.3 is 6.03 Å². The van der Waals surface area contributed by atoms with Gasteiger partial charge in [-0.3, -0.25) is 10.2 Å². The minimum absolute atomic E-state index is 0.0167. The highest BCUT2D eigenvalue weighted by molar-refractivity contribution is 5.90. The lowest BCUT2D eigenvalue weighted by atomic mass is 9.94. The molecule has 1 saturated heterocycles. The summed E-state index contributed by atoms with van der Waals surface area (Å²) in [4.78, 5) is 15.3. The molecule has 2 aromatic carbocycles. The summed E-state index contributed by atoms with van der Waals surface area (Å²) in [7, 11) is 1.57. The Labute approximate surface area is 230 Å². The van der Waals surface area contributed by atoms with Crippen molar-refractivity contribution >= 4 is 11.8 Å². The Balaban J connectivity index is 1.59. The predicted octanol–water partition coefficient (Wildman–Crippen LogP) is 3.98. The Kier molecular flexibility index (Phi) is 9.02. The maximum absolute atomic E-state index is 14.1. The molecule has 1 aliphatic heterocycles. The first-order valence-corrected chi connectivity index (χ1v) is 12.9. The van der Waals surface area contributed by atoms with Crippen molar-refractivity contribution in [1.29, 1.82) is 0 Å². The highest BCUT2D eigenvalue weighted by atomic mass is 19.2. The van der Waals surface area contributed by atoms with Crippen molar-refractivity contribution in [1.82, 2.24) is 20.0 Å². The quantitative estimate of drug-likeness (QED) is 0.324. The summed E-state index contributed by atoms with van der Waals surface area (Å²) >= 11 is 0. The van der Waals surface area contributed by atoms with Crippen molar-refractivity contribution in [3.63, 3.8) is 0 Å². The number of aliphatic hydroxyl groups is 1. The van der Waals surface area contributed by atoms with Gasteiger partial charge in [-0.2, -0.15) is 0 Å². The number of carbonyl (C=O) groups excluding carboxylic acids is 1. The second-order valence-corrected chi connectivity index (χ2v) is 10.5. The number of para-hydroxylation sites is 1. The molecule has 3 N–H and O–H groups in total. The molecule has 2 atom stereocenters. The summed E-state index contributed by atoms with van der Waals surface area (Å²) in [6.45, 7) is 6.68. The molecular formula is C28H34F3N5O4. The fraction of sp³-hybridized carbons (Fsp3) is 0.429. The zero-order valence-electron chi connectivity index (χ0n) is 22.9. The van der Waals surface area contributed by atoms with Gasteiger partial charge in [0.05, 0.1) is 29.5 Å². The lowest BCUT2D eigenvalue weighted by Crippen LogP contribution is -2.42. The average Bonchev–Trinajstić information content (AvgIpc) is 3.45. The maximum atomic E-state index is 14.1. The second-order valence-electron chi connectivity index (χ2n) is 10.5. The summed E-state index contributed by atoms with van der Waals surface area (Å²) in [5, 5.41) is 20.4. The van der Waals surface area contributed by atoms with Crippen LogP contribution in [0.5, 0.6) is 5.88 Å². The first-order valence-electron chi connectivity index (χ1n) is 12.9. The maximum Gasteiger partial charge on any atom is 0.320 e. The highest BCUT2D eigenvalue weighted by Crippen LogP contribution is 2.31. The highest BCUT2D eigenvalue weighted by Gasteiger charge is 2.36. The monoisotopic (exact) mass is 561 g/mol. The third-order valence-corrected chi connectivity index (χ3v) is 6.63. The zero-order valence-corrected chi connectivity index (χ0v) is 22.9. The fourth-order valence-corrected chi connectivity index (χ4v) is 4.63. The van der Waals surface area contributed by atoms with Crippen LogP contribution in [-0.2, 0) is 4.74 Å². The van der Waals surface area contributed by atoms with E-state index in [0.29, 0.717) is 43.3 Å². The number of anilines is 1. The van der Waals surface area contributed by atoms with Crippen LogP contribution < -0.4 is 15.4 Å². The topological polar surface area (TPSA) is 101 Å². The van der Waals surface area contributed by atoms with Crippen LogP contribution in [0.25, 0.3) is 5.69 Å². The lowest BCUT2D eigenvalue weighted by Gasteiger charge is -2.21. The third kappa shape index (κ3) is 6.93. The average molecular weight is 562 g/mol. The zero-order chi connectivity index (χ0) is 29.0. The van der Waals surface area contributed by atoms with Crippen LogP contribution in [0.15, 0.2) is 42.5 Å². The molecule has 0 radical (unpaired) electrons. The second kappa shape index (κ2) is 12.3. The van der Waals surface area contributed by atoms with E-state index < -0.39 is 41.0 Å². The molecule has 1 aliphatic rings. The molecule has 3 aromatic rings. The van der Waals surface area contributed by atoms with Crippen molar-refractivity contribution in [2.75, 3.05) is 45.3 Å². The van der Waals surface area contributed by atoms with E-state index >= 15 is 0 Å². The first kappa shape index (κ1) is 29.4. The summed E-state index contributed by atoms with van der Waals surface area (Å²) < 4.78 is 54.2. The SMILES string of the molecule is COCCN1C[C@@H](NC(=O)Nc2c(C)c(OCC(C)(C)O)nn2-c2ccccc2)[C@H](c2cc(F)c(F)c(F)c2)C1. The van der Waals surface area contributed by atoms with E-state index in [2.05, 4.69) is 15.7 Å². The number of hydrogen-bond donors (Lipinski definition) is 3. The van der Waals surface area contributed by atoms with E-state index in [1.54, 1.807) is 27.9 Å². The van der Waals surface area contributed by atoms with Crippen LogP contribution in [0.3, 0.4) is 0 Å². The normalized spacial score (nSPS) is 17.7. The number of rotatable bonds is 10. The third-order valence-electron chi connectivity index (χ3n) is 6.63. The van der Waals surface area contributed by atoms with E-state index in [4.69, 9.17) is 9.47 Å². The number of benzene rings is 2. The molecule has 0 spiro atoms. The number of methoxy groups -OCH3 is 1. The van der Waals surface area contributed by atoms with Crippen molar-refractivity contribution in [2.45, 2.75) is 38.3 Å². The summed E-state index contributed by atoms with van der Waals surface area (Å²) in [5.41, 5.74) is 0.352. The number of halogens is 3. The largest absolute Gasteiger partial charge is 0.473 e. The molecular weight excluding hydrogens is 527 g/mol. The van der Waals surface area contributed by atoms with Gasteiger partial charge < -0.3 is 19.9 Å².